The van der Waals surface area contributed by atoms with Gasteiger partial charge < -0.3 is 14.5 Å². The second-order valence-corrected chi connectivity index (χ2v) is 9.66. The van der Waals surface area contributed by atoms with Gasteiger partial charge >= 0.3 is 5.97 Å². The Bertz CT molecular complexity index is 1380. The van der Waals surface area contributed by atoms with Gasteiger partial charge in [-0.1, -0.05) is 31.0 Å². The topological polar surface area (TPSA) is 81.4 Å². The van der Waals surface area contributed by atoms with E-state index in [1.54, 1.807) is 6.07 Å². The fourth-order valence-electron chi connectivity index (χ4n) is 4.56. The third-order valence-corrected chi connectivity index (χ3v) is 7.45. The van der Waals surface area contributed by atoms with Gasteiger partial charge in [-0.15, -0.1) is 11.3 Å². The van der Waals surface area contributed by atoms with Crippen LogP contribution < -0.4 is 5.32 Å². The minimum atomic E-state index is -0.403. The van der Waals surface area contributed by atoms with Crippen molar-refractivity contribution < 1.29 is 18.7 Å². The summed E-state index contributed by atoms with van der Waals surface area (Å²) >= 11 is 1.49. The van der Waals surface area contributed by atoms with Crippen molar-refractivity contribution in [3.63, 3.8) is 0 Å². The molecule has 6 nitrogen and oxygen atoms in total. The Morgan fingerprint density at radius 1 is 1.06 bits per heavy atom. The number of aromatic nitrogens is 1. The third-order valence-electron chi connectivity index (χ3n) is 6.24. The number of para-hydroxylation sites is 1. The number of amides is 1. The molecule has 1 aromatic carbocycles. The lowest BCUT2D eigenvalue weighted by Crippen LogP contribution is -2.15. The van der Waals surface area contributed by atoms with E-state index in [4.69, 9.17) is 14.1 Å². The molecule has 1 amide bonds. The predicted octanol–water partition coefficient (Wildman–Crippen LogP) is 6.56. The Labute approximate surface area is 202 Å². The van der Waals surface area contributed by atoms with Crippen LogP contribution in [0.2, 0.25) is 0 Å². The molecular formula is C27H26N2O4S. The van der Waals surface area contributed by atoms with Crippen LogP contribution in [0.4, 0.5) is 5.00 Å². The molecule has 1 N–H and O–H groups in total. The van der Waals surface area contributed by atoms with Crippen LogP contribution in [0.1, 0.15) is 62.6 Å². The molecule has 34 heavy (non-hydrogen) atoms. The lowest BCUT2D eigenvalue weighted by atomic mass is 9.96. The van der Waals surface area contributed by atoms with Gasteiger partial charge in [0.05, 0.1) is 23.8 Å². The zero-order valence-electron chi connectivity index (χ0n) is 19.3. The van der Waals surface area contributed by atoms with Crippen LogP contribution in [-0.4, -0.2) is 24.0 Å². The van der Waals surface area contributed by atoms with Gasteiger partial charge in [0, 0.05) is 10.3 Å². The molecule has 4 aromatic rings. The van der Waals surface area contributed by atoms with Crippen molar-refractivity contribution in [3.05, 3.63) is 69.8 Å². The molecule has 0 aliphatic heterocycles. The number of ether oxygens (including phenoxy) is 1. The second-order valence-electron chi connectivity index (χ2n) is 8.55. The molecule has 1 aliphatic carbocycles. The number of rotatable bonds is 4. The van der Waals surface area contributed by atoms with E-state index < -0.39 is 5.97 Å². The first-order valence-corrected chi connectivity index (χ1v) is 12.4. The summed E-state index contributed by atoms with van der Waals surface area (Å²) in [6.07, 6.45) is 6.19. The van der Waals surface area contributed by atoms with E-state index >= 15 is 0 Å². The van der Waals surface area contributed by atoms with Crippen LogP contribution >= 0.6 is 11.3 Å². The number of nitrogens with one attached hydrogen (secondary N) is 1. The quantitative estimate of drug-likeness (QED) is 0.339. The number of methoxy groups -OCH3 is 1. The van der Waals surface area contributed by atoms with Crippen molar-refractivity contribution in [2.45, 2.75) is 45.4 Å². The van der Waals surface area contributed by atoms with E-state index in [1.807, 2.05) is 43.3 Å². The number of fused-ring (bicyclic) bond motifs is 2. The molecule has 1 aliphatic rings. The van der Waals surface area contributed by atoms with Crippen LogP contribution in [0.5, 0.6) is 0 Å². The van der Waals surface area contributed by atoms with Gasteiger partial charge in [-0.05, 0) is 62.4 Å². The van der Waals surface area contributed by atoms with Crippen LogP contribution in [0.15, 0.2) is 46.9 Å². The summed E-state index contributed by atoms with van der Waals surface area (Å²) in [6.45, 7) is 1.87. The molecule has 0 bridgehead atoms. The Morgan fingerprint density at radius 3 is 2.62 bits per heavy atom. The summed E-state index contributed by atoms with van der Waals surface area (Å²) < 4.78 is 10.9. The summed E-state index contributed by atoms with van der Waals surface area (Å²) in [7, 11) is 1.38. The Balaban J connectivity index is 1.58. The first kappa shape index (κ1) is 22.3. The molecule has 5 rings (SSSR count). The lowest BCUT2D eigenvalue weighted by molar-refractivity contribution is 0.0601. The molecule has 7 heteroatoms. The maximum absolute atomic E-state index is 13.6. The highest BCUT2D eigenvalue weighted by molar-refractivity contribution is 7.17. The number of hydrogen-bond acceptors (Lipinski definition) is 6. The predicted molar refractivity (Wildman–Crippen MR) is 134 cm³/mol. The van der Waals surface area contributed by atoms with Crippen LogP contribution in [0.3, 0.4) is 0 Å². The van der Waals surface area contributed by atoms with E-state index in [9.17, 15) is 9.59 Å². The molecule has 0 spiro atoms. The van der Waals surface area contributed by atoms with Crippen molar-refractivity contribution in [1.82, 2.24) is 4.98 Å². The van der Waals surface area contributed by atoms with E-state index in [0.29, 0.717) is 33.1 Å². The number of anilines is 1. The minimum absolute atomic E-state index is 0.289. The number of thiophene rings is 1. The van der Waals surface area contributed by atoms with Crippen molar-refractivity contribution in [2.24, 2.45) is 0 Å². The Hall–Kier alpha value is -3.45. The highest BCUT2D eigenvalue weighted by Crippen LogP contribution is 2.38. The monoisotopic (exact) mass is 474 g/mol. The molecule has 0 radical (unpaired) electrons. The fraction of sp³-hybridized carbons (Fsp3) is 0.296. The number of carbonyl (C=O) groups excluding carboxylic acids is 2. The van der Waals surface area contributed by atoms with Crippen molar-refractivity contribution in [2.75, 3.05) is 12.4 Å². The Kier molecular flexibility index (Phi) is 6.20. The molecule has 0 atom stereocenters. The normalized spacial score (nSPS) is 13.7. The third kappa shape index (κ3) is 4.23. The van der Waals surface area contributed by atoms with E-state index in [-0.39, 0.29) is 5.91 Å². The molecule has 0 unspecified atom stereocenters. The van der Waals surface area contributed by atoms with Crippen molar-refractivity contribution in [3.8, 4) is 11.5 Å². The van der Waals surface area contributed by atoms with E-state index in [0.717, 1.165) is 48.8 Å². The number of esters is 1. The SMILES string of the molecule is COC(=O)c1c(NC(=O)c2cc(-c3ccc(C)o3)nc3ccccc23)sc2c1CCCCCC2. The Morgan fingerprint density at radius 2 is 1.85 bits per heavy atom. The number of furan rings is 1. The molecule has 174 valence electrons. The van der Waals surface area contributed by atoms with Gasteiger partial charge in [0.1, 0.15) is 16.5 Å². The summed E-state index contributed by atoms with van der Waals surface area (Å²) in [4.78, 5) is 32.2. The van der Waals surface area contributed by atoms with Crippen molar-refractivity contribution in [1.29, 1.82) is 0 Å². The number of carbonyl (C=O) groups is 2. The number of nitrogens with zero attached hydrogens (tertiary/aromatic N) is 1. The highest BCUT2D eigenvalue weighted by atomic mass is 32.1. The van der Waals surface area contributed by atoms with Crippen LogP contribution in [0, 0.1) is 6.92 Å². The maximum Gasteiger partial charge on any atom is 0.341 e. The number of aryl methyl sites for hydroxylation is 2. The highest BCUT2D eigenvalue weighted by Gasteiger charge is 2.27. The van der Waals surface area contributed by atoms with E-state index in [2.05, 4.69) is 5.32 Å². The lowest BCUT2D eigenvalue weighted by Gasteiger charge is -2.11. The standard InChI is InChI=1S/C27H26N2O4S/c1-16-13-14-22(33-16)21-15-19(17-9-7-8-11-20(17)28-21)25(30)29-26-24(27(31)32-2)18-10-5-3-4-6-12-23(18)34-26/h7-9,11,13-15H,3-6,10,12H2,1-2H3,(H,29,30). The average Bonchev–Trinajstić information content (AvgIpc) is 3.41. The van der Waals surface area contributed by atoms with Gasteiger partial charge in [-0.3, -0.25) is 4.79 Å². The zero-order valence-corrected chi connectivity index (χ0v) is 20.1. The summed E-state index contributed by atoms with van der Waals surface area (Å²) in [5, 5.41) is 4.33. The molecule has 3 aromatic heterocycles. The average molecular weight is 475 g/mol. The van der Waals surface area contributed by atoms with Crippen LogP contribution in [-0.2, 0) is 17.6 Å². The van der Waals surface area contributed by atoms with E-state index in [1.165, 1.54) is 29.7 Å². The first-order valence-electron chi connectivity index (χ1n) is 11.6. The maximum atomic E-state index is 13.6. The summed E-state index contributed by atoms with van der Waals surface area (Å²) in [5.74, 6) is 0.684. The molecule has 0 saturated heterocycles. The molecule has 0 saturated carbocycles. The summed E-state index contributed by atoms with van der Waals surface area (Å²) in [6, 6.07) is 13.0. The molecular weight excluding hydrogens is 448 g/mol. The largest absolute Gasteiger partial charge is 0.465 e. The van der Waals surface area contributed by atoms with Gasteiger partial charge in [0.25, 0.3) is 5.91 Å². The van der Waals surface area contributed by atoms with Crippen molar-refractivity contribution >= 4 is 39.1 Å². The number of benzene rings is 1. The smallest absolute Gasteiger partial charge is 0.341 e. The van der Waals surface area contributed by atoms with Gasteiger partial charge in [-0.25, -0.2) is 9.78 Å². The molecule has 0 fully saturated rings. The molecule has 3 heterocycles. The zero-order chi connectivity index (χ0) is 23.7. The summed E-state index contributed by atoms with van der Waals surface area (Å²) in [5.41, 5.74) is 3.29. The minimum Gasteiger partial charge on any atom is -0.465 e. The van der Waals surface area contributed by atoms with Gasteiger partial charge in [-0.2, -0.15) is 0 Å². The number of pyridine rings is 1. The second kappa shape index (κ2) is 9.43. The first-order chi connectivity index (χ1) is 16.5. The van der Waals surface area contributed by atoms with Gasteiger partial charge in [0.15, 0.2) is 5.76 Å². The number of hydrogen-bond donors (Lipinski definition) is 1. The van der Waals surface area contributed by atoms with Crippen LogP contribution in [0.25, 0.3) is 22.4 Å². The fourth-order valence-corrected chi connectivity index (χ4v) is 5.83. The van der Waals surface area contributed by atoms with Gasteiger partial charge in [0.2, 0.25) is 0 Å².